The van der Waals surface area contributed by atoms with Crippen molar-refractivity contribution in [3.05, 3.63) is 34.9 Å². The smallest absolute Gasteiger partial charge is 0.338 e. The fourth-order valence-corrected chi connectivity index (χ4v) is 3.28. The number of amides is 2. The molecule has 1 heterocycles. The Bertz CT molecular complexity index is 767. The van der Waals surface area contributed by atoms with Crippen LogP contribution in [0.25, 0.3) is 0 Å². The Hall–Kier alpha value is -2.50. The second-order valence-corrected chi connectivity index (χ2v) is 7.31. The zero-order valence-corrected chi connectivity index (χ0v) is 15.1. The molecule has 1 atom stereocenters. The largest absolute Gasteiger partial charge is 0.451 e. The molecule has 0 aromatic heterocycles. The number of carbonyl (C=O) groups excluding carboxylic acids is 4. The monoisotopic (exact) mass is 357 g/mol. The average Bonchev–Trinajstić information content (AvgIpc) is 2.85. The molecule has 3 rings (SSSR count). The molecule has 0 bridgehead atoms. The van der Waals surface area contributed by atoms with Gasteiger partial charge in [0, 0.05) is 13.0 Å². The van der Waals surface area contributed by atoms with E-state index in [1.807, 2.05) is 13.8 Å². The number of rotatable bonds is 5. The van der Waals surface area contributed by atoms with Crippen LogP contribution in [0.15, 0.2) is 18.2 Å². The fraction of sp³-hybridized carbons (Fsp3) is 0.500. The van der Waals surface area contributed by atoms with Crippen molar-refractivity contribution in [3.63, 3.8) is 0 Å². The van der Waals surface area contributed by atoms with Gasteiger partial charge in [-0.15, -0.1) is 0 Å². The number of ketones is 1. The van der Waals surface area contributed by atoms with Crippen LogP contribution in [0.2, 0.25) is 0 Å². The number of imide groups is 1. The molecular weight excluding hydrogens is 334 g/mol. The van der Waals surface area contributed by atoms with Crippen molar-refractivity contribution in [1.82, 2.24) is 4.90 Å². The molecule has 0 radical (unpaired) electrons. The summed E-state index contributed by atoms with van der Waals surface area (Å²) in [4.78, 5) is 50.4. The Morgan fingerprint density at radius 1 is 1.15 bits per heavy atom. The molecule has 0 saturated heterocycles. The summed E-state index contributed by atoms with van der Waals surface area (Å²) in [6.07, 6.45) is 2.67. The second kappa shape index (κ2) is 7.40. The Morgan fingerprint density at radius 2 is 1.88 bits per heavy atom. The highest BCUT2D eigenvalue weighted by Crippen LogP contribution is 2.26. The quantitative estimate of drug-likeness (QED) is 0.598. The highest BCUT2D eigenvalue weighted by atomic mass is 16.5. The minimum absolute atomic E-state index is 0.0584. The molecule has 26 heavy (non-hydrogen) atoms. The number of nitrogens with zero attached hydrogens (tertiary/aromatic N) is 1. The normalized spacial score (nSPS) is 19.9. The van der Waals surface area contributed by atoms with Crippen LogP contribution in [0.4, 0.5) is 0 Å². The third-order valence-corrected chi connectivity index (χ3v) is 4.88. The zero-order chi connectivity index (χ0) is 18.8. The Balaban J connectivity index is 1.75. The molecule has 0 N–H and O–H groups in total. The number of hydrogen-bond donors (Lipinski definition) is 0. The van der Waals surface area contributed by atoms with Crippen LogP contribution in [0, 0.1) is 5.92 Å². The second-order valence-electron chi connectivity index (χ2n) is 7.31. The lowest BCUT2D eigenvalue weighted by molar-refractivity contribution is -0.129. The third-order valence-electron chi connectivity index (χ3n) is 4.88. The molecule has 0 spiro atoms. The lowest BCUT2D eigenvalue weighted by Crippen LogP contribution is -2.31. The van der Waals surface area contributed by atoms with Crippen LogP contribution >= 0.6 is 0 Å². The number of hydrogen-bond acceptors (Lipinski definition) is 5. The maximum absolute atomic E-state index is 12.5. The van der Waals surface area contributed by atoms with Gasteiger partial charge in [-0.1, -0.05) is 13.8 Å². The van der Waals surface area contributed by atoms with E-state index >= 15 is 0 Å². The van der Waals surface area contributed by atoms with E-state index in [1.165, 1.54) is 23.1 Å². The van der Waals surface area contributed by atoms with Gasteiger partial charge in [0.15, 0.2) is 11.9 Å². The summed E-state index contributed by atoms with van der Waals surface area (Å²) in [5.41, 5.74) is 0.723. The van der Waals surface area contributed by atoms with Gasteiger partial charge >= 0.3 is 5.97 Å². The van der Waals surface area contributed by atoms with Gasteiger partial charge in [0.05, 0.1) is 16.7 Å². The summed E-state index contributed by atoms with van der Waals surface area (Å²) >= 11 is 0. The maximum atomic E-state index is 12.5. The Labute approximate surface area is 152 Å². The van der Waals surface area contributed by atoms with Crippen LogP contribution in [-0.2, 0) is 9.53 Å². The standard InChI is InChI=1S/C20H23NO5/c1-12(2)9-10-21-18(23)14-8-7-13(11-15(14)19(21)24)20(25)26-17-6-4-3-5-16(17)22/h7-8,11-12,17H,3-6,9-10H2,1-2H3/t17-/m0/s1. The summed E-state index contributed by atoms with van der Waals surface area (Å²) < 4.78 is 5.32. The van der Waals surface area contributed by atoms with Crippen LogP contribution in [0.1, 0.15) is 77.0 Å². The molecule has 2 amide bonds. The summed E-state index contributed by atoms with van der Waals surface area (Å²) in [6.45, 7) is 4.41. The molecule has 1 saturated carbocycles. The van der Waals surface area contributed by atoms with E-state index < -0.39 is 12.1 Å². The van der Waals surface area contributed by atoms with Gasteiger partial charge in [-0.3, -0.25) is 19.3 Å². The van der Waals surface area contributed by atoms with Crippen LogP contribution in [0.3, 0.4) is 0 Å². The van der Waals surface area contributed by atoms with E-state index in [9.17, 15) is 19.2 Å². The Kier molecular flexibility index (Phi) is 5.20. The molecule has 1 aliphatic carbocycles. The predicted octanol–water partition coefficient (Wildman–Crippen LogP) is 3.00. The van der Waals surface area contributed by atoms with Crippen molar-refractivity contribution in [1.29, 1.82) is 0 Å². The molecule has 0 unspecified atom stereocenters. The molecule has 1 aromatic rings. The topological polar surface area (TPSA) is 80.8 Å². The van der Waals surface area contributed by atoms with Crippen molar-refractivity contribution in [2.24, 2.45) is 5.92 Å². The van der Waals surface area contributed by atoms with Crippen LogP contribution in [0.5, 0.6) is 0 Å². The molecule has 2 aliphatic rings. The number of benzene rings is 1. The first kappa shape index (κ1) is 18.3. The number of carbonyl (C=O) groups is 4. The van der Waals surface area contributed by atoms with E-state index in [0.717, 1.165) is 19.3 Å². The summed E-state index contributed by atoms with van der Waals surface area (Å²) in [5.74, 6) is -1.02. The average molecular weight is 357 g/mol. The molecule has 1 fully saturated rings. The van der Waals surface area contributed by atoms with Gasteiger partial charge in [-0.25, -0.2) is 4.79 Å². The van der Waals surface area contributed by atoms with Crippen molar-refractivity contribution < 1.29 is 23.9 Å². The van der Waals surface area contributed by atoms with Gasteiger partial charge in [0.25, 0.3) is 11.8 Å². The fourth-order valence-electron chi connectivity index (χ4n) is 3.28. The summed E-state index contributed by atoms with van der Waals surface area (Å²) in [7, 11) is 0. The number of esters is 1. The highest BCUT2D eigenvalue weighted by Gasteiger charge is 2.36. The van der Waals surface area contributed by atoms with Crippen LogP contribution < -0.4 is 0 Å². The van der Waals surface area contributed by atoms with E-state index in [1.54, 1.807) is 0 Å². The zero-order valence-electron chi connectivity index (χ0n) is 15.1. The number of fused-ring (bicyclic) bond motifs is 1. The van der Waals surface area contributed by atoms with E-state index in [2.05, 4.69) is 0 Å². The lowest BCUT2D eigenvalue weighted by Gasteiger charge is -2.20. The van der Waals surface area contributed by atoms with Gasteiger partial charge in [-0.05, 0) is 49.8 Å². The minimum atomic E-state index is -0.704. The molecule has 1 aliphatic heterocycles. The molecule has 6 heteroatoms. The van der Waals surface area contributed by atoms with Gasteiger partial charge in [0.2, 0.25) is 0 Å². The van der Waals surface area contributed by atoms with Crippen LogP contribution in [-0.4, -0.2) is 41.1 Å². The first-order valence-corrected chi connectivity index (χ1v) is 9.12. The summed E-state index contributed by atoms with van der Waals surface area (Å²) in [5, 5.41) is 0. The summed E-state index contributed by atoms with van der Waals surface area (Å²) in [6, 6.07) is 4.37. The van der Waals surface area contributed by atoms with Crippen molar-refractivity contribution in [2.45, 2.75) is 52.1 Å². The van der Waals surface area contributed by atoms with E-state index in [0.29, 0.717) is 30.9 Å². The maximum Gasteiger partial charge on any atom is 0.338 e. The number of Topliss-reactive ketones (excluding diaryl/α,β-unsaturated/α-hetero) is 1. The van der Waals surface area contributed by atoms with Crippen molar-refractivity contribution in [2.75, 3.05) is 6.54 Å². The van der Waals surface area contributed by atoms with Gasteiger partial charge in [0.1, 0.15) is 0 Å². The highest BCUT2D eigenvalue weighted by molar-refractivity contribution is 6.22. The first-order chi connectivity index (χ1) is 12.4. The number of ether oxygens (including phenoxy) is 1. The lowest BCUT2D eigenvalue weighted by atomic mass is 9.96. The van der Waals surface area contributed by atoms with Crippen molar-refractivity contribution in [3.8, 4) is 0 Å². The van der Waals surface area contributed by atoms with E-state index in [4.69, 9.17) is 4.74 Å². The van der Waals surface area contributed by atoms with E-state index in [-0.39, 0.29) is 28.7 Å². The van der Waals surface area contributed by atoms with Crippen molar-refractivity contribution >= 4 is 23.6 Å². The third kappa shape index (κ3) is 3.54. The molecule has 6 nitrogen and oxygen atoms in total. The first-order valence-electron chi connectivity index (χ1n) is 9.12. The predicted molar refractivity (Wildman–Crippen MR) is 93.9 cm³/mol. The van der Waals surface area contributed by atoms with Gasteiger partial charge < -0.3 is 4.74 Å². The SMILES string of the molecule is CC(C)CCN1C(=O)c2ccc(C(=O)O[C@H]3CCCCC3=O)cc2C1=O. The molecule has 138 valence electrons. The molecule has 1 aromatic carbocycles. The van der Waals surface area contributed by atoms with Gasteiger partial charge in [-0.2, -0.15) is 0 Å². The Morgan fingerprint density at radius 3 is 2.58 bits per heavy atom. The molecular formula is C20H23NO5. The minimum Gasteiger partial charge on any atom is -0.451 e.